The Labute approximate surface area is 106 Å². The van der Waals surface area contributed by atoms with Gasteiger partial charge in [0.05, 0.1) is 14.2 Å². The third-order valence-corrected chi connectivity index (χ3v) is 2.75. The molecule has 18 heavy (non-hydrogen) atoms. The highest BCUT2D eigenvalue weighted by atomic mass is 16.5. The average Bonchev–Trinajstić information content (AvgIpc) is 2.46. The van der Waals surface area contributed by atoms with Crippen LogP contribution in [-0.4, -0.2) is 20.1 Å². The Balaban J connectivity index is 2.35. The van der Waals surface area contributed by atoms with Crippen LogP contribution in [0.4, 0.5) is 0 Å². The zero-order valence-corrected chi connectivity index (χ0v) is 10.4. The van der Waals surface area contributed by atoms with Crippen LogP contribution in [0.2, 0.25) is 0 Å². The fourth-order valence-corrected chi connectivity index (χ4v) is 1.74. The van der Waals surface area contributed by atoms with E-state index in [1.807, 2.05) is 48.5 Å². The third kappa shape index (κ3) is 2.51. The molecule has 0 aliphatic carbocycles. The van der Waals surface area contributed by atoms with E-state index >= 15 is 0 Å². The van der Waals surface area contributed by atoms with Gasteiger partial charge < -0.3 is 9.47 Å². The summed E-state index contributed by atoms with van der Waals surface area (Å²) in [4.78, 5) is 0. The monoisotopic (exact) mass is 241 g/mol. The van der Waals surface area contributed by atoms with Crippen molar-refractivity contribution in [2.24, 2.45) is 0 Å². The van der Waals surface area contributed by atoms with Gasteiger partial charge in [0.1, 0.15) is 5.75 Å². The molecule has 0 saturated heterocycles. The largest absolute Gasteiger partial charge is 0.497 e. The summed E-state index contributed by atoms with van der Waals surface area (Å²) in [5.41, 5.74) is 2.91. The van der Waals surface area contributed by atoms with Crippen LogP contribution in [-0.2, 0) is 4.74 Å². The molecule has 0 saturated carbocycles. The summed E-state index contributed by atoms with van der Waals surface area (Å²) in [5, 5.41) is 7.66. The molecule has 0 heterocycles. The van der Waals surface area contributed by atoms with Gasteiger partial charge in [-0.3, -0.25) is 5.41 Å². The van der Waals surface area contributed by atoms with E-state index in [-0.39, 0.29) is 5.90 Å². The molecule has 0 radical (unpaired) electrons. The van der Waals surface area contributed by atoms with Gasteiger partial charge in [-0.2, -0.15) is 0 Å². The summed E-state index contributed by atoms with van der Waals surface area (Å²) >= 11 is 0. The molecule has 0 spiro atoms. The van der Waals surface area contributed by atoms with Crippen molar-refractivity contribution >= 4 is 5.90 Å². The fraction of sp³-hybridized carbons (Fsp3) is 0.133. The van der Waals surface area contributed by atoms with Crippen LogP contribution in [0, 0.1) is 5.41 Å². The van der Waals surface area contributed by atoms with Gasteiger partial charge in [-0.15, -0.1) is 0 Å². The van der Waals surface area contributed by atoms with Gasteiger partial charge in [-0.25, -0.2) is 0 Å². The molecule has 0 aliphatic heterocycles. The van der Waals surface area contributed by atoms with Crippen molar-refractivity contribution in [3.63, 3.8) is 0 Å². The van der Waals surface area contributed by atoms with E-state index in [0.29, 0.717) is 0 Å². The van der Waals surface area contributed by atoms with E-state index in [9.17, 15) is 0 Å². The molecule has 2 aromatic rings. The lowest BCUT2D eigenvalue weighted by Crippen LogP contribution is -2.00. The van der Waals surface area contributed by atoms with E-state index < -0.39 is 0 Å². The van der Waals surface area contributed by atoms with Crippen molar-refractivity contribution < 1.29 is 9.47 Å². The van der Waals surface area contributed by atoms with Crippen LogP contribution < -0.4 is 4.74 Å². The molecule has 3 nitrogen and oxygen atoms in total. The molecule has 0 fully saturated rings. The molecular formula is C15H15NO2. The third-order valence-electron chi connectivity index (χ3n) is 2.75. The number of hydrogen-bond acceptors (Lipinski definition) is 3. The molecule has 0 atom stereocenters. The number of nitrogens with one attached hydrogen (secondary N) is 1. The van der Waals surface area contributed by atoms with E-state index in [0.717, 1.165) is 22.4 Å². The maximum Gasteiger partial charge on any atom is 0.212 e. The van der Waals surface area contributed by atoms with Crippen LogP contribution in [0.15, 0.2) is 48.5 Å². The van der Waals surface area contributed by atoms with Crippen LogP contribution >= 0.6 is 0 Å². The topological polar surface area (TPSA) is 42.3 Å². The Hall–Kier alpha value is -2.29. The first kappa shape index (κ1) is 12.2. The fourth-order valence-electron chi connectivity index (χ4n) is 1.74. The van der Waals surface area contributed by atoms with Crippen molar-refractivity contribution in [3.05, 3.63) is 54.1 Å². The highest BCUT2D eigenvalue weighted by molar-refractivity contribution is 5.92. The molecule has 92 valence electrons. The van der Waals surface area contributed by atoms with Crippen molar-refractivity contribution in [3.8, 4) is 16.9 Å². The van der Waals surface area contributed by atoms with Crippen LogP contribution in [0.5, 0.6) is 5.75 Å². The van der Waals surface area contributed by atoms with Gasteiger partial charge in [0, 0.05) is 5.56 Å². The normalized spacial score (nSPS) is 9.89. The van der Waals surface area contributed by atoms with Crippen molar-refractivity contribution in [2.75, 3.05) is 14.2 Å². The van der Waals surface area contributed by atoms with Crippen LogP contribution in [0.25, 0.3) is 11.1 Å². The van der Waals surface area contributed by atoms with Crippen molar-refractivity contribution in [1.82, 2.24) is 0 Å². The van der Waals surface area contributed by atoms with E-state index in [1.165, 1.54) is 7.11 Å². The predicted molar refractivity (Wildman–Crippen MR) is 72.3 cm³/mol. The highest BCUT2D eigenvalue weighted by Gasteiger charge is 2.03. The Kier molecular flexibility index (Phi) is 3.63. The summed E-state index contributed by atoms with van der Waals surface area (Å²) in [6.45, 7) is 0. The smallest absolute Gasteiger partial charge is 0.212 e. The summed E-state index contributed by atoms with van der Waals surface area (Å²) in [5.74, 6) is 1.00. The average molecular weight is 241 g/mol. The Morgan fingerprint density at radius 3 is 2.28 bits per heavy atom. The Morgan fingerprint density at radius 2 is 1.67 bits per heavy atom. The quantitative estimate of drug-likeness (QED) is 0.661. The maximum atomic E-state index is 7.66. The van der Waals surface area contributed by atoms with Gasteiger partial charge in [0.25, 0.3) is 0 Å². The second-order valence-electron chi connectivity index (χ2n) is 3.84. The first-order valence-corrected chi connectivity index (χ1v) is 5.62. The summed E-state index contributed by atoms with van der Waals surface area (Å²) in [7, 11) is 3.15. The molecule has 3 heteroatoms. The molecular weight excluding hydrogens is 226 g/mol. The van der Waals surface area contributed by atoms with E-state index in [1.54, 1.807) is 7.11 Å². The number of benzene rings is 2. The second-order valence-corrected chi connectivity index (χ2v) is 3.84. The number of ether oxygens (including phenoxy) is 2. The zero-order valence-electron chi connectivity index (χ0n) is 10.4. The lowest BCUT2D eigenvalue weighted by atomic mass is 10.0. The standard InChI is InChI=1S/C15H15NO2/c1-17-14-8-6-11(7-9-14)12-4-3-5-13(10-12)15(16)18-2/h3-10,16H,1-2H3. The first-order chi connectivity index (χ1) is 8.74. The molecule has 1 N–H and O–H groups in total. The molecule has 2 aromatic carbocycles. The molecule has 2 rings (SSSR count). The minimum absolute atomic E-state index is 0.172. The SMILES string of the molecule is COC(=N)c1cccc(-c2ccc(OC)cc2)c1. The van der Waals surface area contributed by atoms with E-state index in [4.69, 9.17) is 14.9 Å². The number of rotatable bonds is 3. The molecule has 0 unspecified atom stereocenters. The van der Waals surface area contributed by atoms with Gasteiger partial charge in [-0.1, -0.05) is 24.3 Å². The summed E-state index contributed by atoms with van der Waals surface area (Å²) in [6, 6.07) is 15.6. The molecule has 0 aliphatic rings. The predicted octanol–water partition coefficient (Wildman–Crippen LogP) is 3.33. The first-order valence-electron chi connectivity index (χ1n) is 5.62. The number of hydrogen-bond donors (Lipinski definition) is 1. The van der Waals surface area contributed by atoms with Gasteiger partial charge in [0.15, 0.2) is 0 Å². The molecule has 0 amide bonds. The van der Waals surface area contributed by atoms with Crippen LogP contribution in [0.1, 0.15) is 5.56 Å². The minimum atomic E-state index is 0.172. The lowest BCUT2D eigenvalue weighted by molar-refractivity contribution is 0.401. The lowest BCUT2D eigenvalue weighted by Gasteiger charge is -2.07. The highest BCUT2D eigenvalue weighted by Crippen LogP contribution is 2.23. The summed E-state index contributed by atoms with van der Waals surface area (Å²) < 4.78 is 10.1. The van der Waals surface area contributed by atoms with Crippen molar-refractivity contribution in [2.45, 2.75) is 0 Å². The van der Waals surface area contributed by atoms with Crippen molar-refractivity contribution in [1.29, 1.82) is 5.41 Å². The van der Waals surface area contributed by atoms with Crippen LogP contribution in [0.3, 0.4) is 0 Å². The Bertz CT molecular complexity index is 547. The maximum absolute atomic E-state index is 7.66. The van der Waals surface area contributed by atoms with Gasteiger partial charge in [-0.05, 0) is 35.4 Å². The molecule has 0 aromatic heterocycles. The second kappa shape index (κ2) is 5.36. The Morgan fingerprint density at radius 1 is 0.944 bits per heavy atom. The minimum Gasteiger partial charge on any atom is -0.497 e. The van der Waals surface area contributed by atoms with Gasteiger partial charge >= 0.3 is 0 Å². The summed E-state index contributed by atoms with van der Waals surface area (Å²) in [6.07, 6.45) is 0. The zero-order chi connectivity index (χ0) is 13.0. The molecule has 0 bridgehead atoms. The number of methoxy groups -OCH3 is 2. The van der Waals surface area contributed by atoms with E-state index in [2.05, 4.69) is 0 Å². The van der Waals surface area contributed by atoms with Gasteiger partial charge in [0.2, 0.25) is 5.90 Å².